The molecule has 0 saturated heterocycles. The molecule has 0 amide bonds. The molecule has 184 valence electrons. The van der Waals surface area contributed by atoms with Crippen LogP contribution in [0.25, 0.3) is 11.1 Å². The summed E-state index contributed by atoms with van der Waals surface area (Å²) in [5.74, 6) is -0.131. The van der Waals surface area contributed by atoms with E-state index in [1.54, 1.807) is 43.3 Å². The van der Waals surface area contributed by atoms with Gasteiger partial charge in [0.25, 0.3) is 0 Å². The van der Waals surface area contributed by atoms with Gasteiger partial charge in [0.1, 0.15) is 29.3 Å². The van der Waals surface area contributed by atoms with Crippen molar-refractivity contribution in [3.05, 3.63) is 71.6 Å². The van der Waals surface area contributed by atoms with E-state index in [-0.39, 0.29) is 18.1 Å². The van der Waals surface area contributed by atoms with E-state index in [2.05, 4.69) is 4.98 Å². The molecule has 0 saturated carbocycles. The van der Waals surface area contributed by atoms with Crippen LogP contribution in [0.4, 0.5) is 13.2 Å². The highest BCUT2D eigenvalue weighted by atomic mass is 32.2. The van der Waals surface area contributed by atoms with Crippen LogP contribution >= 0.6 is 11.8 Å². The Morgan fingerprint density at radius 1 is 1.20 bits per heavy atom. The monoisotopic (exact) mass is 501 g/mol. The van der Waals surface area contributed by atoms with Gasteiger partial charge in [-0.2, -0.15) is 4.39 Å². The molecule has 5 nitrogen and oxygen atoms in total. The Labute approximate surface area is 206 Å². The SMILES string of the molecule is CCSC(N)=N[C@@]1(C)c2cc(-c3cccnc3F)ccc2Oc2c(F)cc(OCC(C)(C)F)cc21. The molecule has 3 aromatic rings. The number of aliphatic imine (C=N–C) groups is 1. The van der Waals surface area contributed by atoms with Crippen molar-refractivity contribution in [1.82, 2.24) is 4.98 Å². The number of hydrogen-bond donors (Lipinski definition) is 1. The molecule has 0 aliphatic carbocycles. The number of fused-ring (bicyclic) bond motifs is 2. The Hall–Kier alpha value is -3.20. The molecule has 4 rings (SSSR count). The first-order valence-corrected chi connectivity index (χ1v) is 12.1. The standard InChI is InChI=1S/C26H26F3N3O2S/c1-5-35-24(30)32-26(4)18-11-15(17-7-6-10-31-23(17)28)8-9-21(18)34-22-19(26)12-16(13-20(22)27)33-14-25(2,3)29/h6-13H,5,14H2,1-4H3,(H2,30,32)/t26-/m0/s1. The van der Waals surface area contributed by atoms with Crippen molar-refractivity contribution in [1.29, 1.82) is 0 Å². The number of halogens is 3. The van der Waals surface area contributed by atoms with E-state index in [1.807, 2.05) is 6.92 Å². The fourth-order valence-corrected chi connectivity index (χ4v) is 4.46. The van der Waals surface area contributed by atoms with Gasteiger partial charge in [-0.3, -0.25) is 0 Å². The van der Waals surface area contributed by atoms with Crippen LogP contribution in [0, 0.1) is 11.8 Å². The molecular weight excluding hydrogens is 475 g/mol. The highest BCUT2D eigenvalue weighted by molar-refractivity contribution is 8.13. The van der Waals surface area contributed by atoms with Crippen molar-refractivity contribution < 1.29 is 22.6 Å². The van der Waals surface area contributed by atoms with E-state index in [4.69, 9.17) is 20.2 Å². The van der Waals surface area contributed by atoms with E-state index in [9.17, 15) is 8.78 Å². The van der Waals surface area contributed by atoms with E-state index in [1.165, 1.54) is 31.8 Å². The van der Waals surface area contributed by atoms with Gasteiger partial charge >= 0.3 is 0 Å². The van der Waals surface area contributed by atoms with Crippen LogP contribution in [0.2, 0.25) is 0 Å². The normalized spacial score (nSPS) is 17.4. The minimum atomic E-state index is -1.61. The lowest BCUT2D eigenvalue weighted by molar-refractivity contribution is 0.120. The third kappa shape index (κ3) is 5.10. The maximum absolute atomic E-state index is 15.2. The largest absolute Gasteiger partial charge is 0.490 e. The first kappa shape index (κ1) is 24.9. The Bertz CT molecular complexity index is 1290. The van der Waals surface area contributed by atoms with Crippen molar-refractivity contribution in [2.75, 3.05) is 12.4 Å². The Morgan fingerprint density at radius 2 is 1.97 bits per heavy atom. The molecule has 0 spiro atoms. The molecule has 35 heavy (non-hydrogen) atoms. The number of pyridine rings is 1. The fraction of sp³-hybridized carbons (Fsp3) is 0.308. The third-order valence-electron chi connectivity index (χ3n) is 5.54. The summed E-state index contributed by atoms with van der Waals surface area (Å²) in [5, 5.41) is 0.295. The molecule has 0 bridgehead atoms. The molecule has 1 aliphatic rings. The number of hydrogen-bond acceptors (Lipinski definition) is 5. The lowest BCUT2D eigenvalue weighted by Gasteiger charge is -2.35. The predicted molar refractivity (Wildman–Crippen MR) is 133 cm³/mol. The first-order valence-electron chi connectivity index (χ1n) is 11.1. The number of rotatable bonds is 6. The summed E-state index contributed by atoms with van der Waals surface area (Å²) in [6.07, 6.45) is 1.37. The highest BCUT2D eigenvalue weighted by Gasteiger charge is 2.41. The lowest BCUT2D eigenvalue weighted by Crippen LogP contribution is -2.29. The van der Waals surface area contributed by atoms with Crippen LogP contribution in [-0.4, -0.2) is 28.2 Å². The van der Waals surface area contributed by atoms with Gasteiger partial charge in [0.2, 0.25) is 5.95 Å². The van der Waals surface area contributed by atoms with Crippen molar-refractivity contribution in [3.63, 3.8) is 0 Å². The third-order valence-corrected chi connectivity index (χ3v) is 6.21. The summed E-state index contributed by atoms with van der Waals surface area (Å²) in [5.41, 5.74) is 5.18. The number of amidine groups is 1. The predicted octanol–water partition coefficient (Wildman–Crippen LogP) is 6.59. The molecule has 2 N–H and O–H groups in total. The second-order valence-corrected chi connectivity index (χ2v) is 10.2. The minimum Gasteiger partial charge on any atom is -0.490 e. The zero-order valence-corrected chi connectivity index (χ0v) is 20.7. The van der Waals surface area contributed by atoms with Gasteiger partial charge in [0.05, 0.1) is 0 Å². The summed E-state index contributed by atoms with van der Waals surface area (Å²) in [6, 6.07) is 11.1. The number of nitrogens with two attached hydrogens (primary N) is 1. The molecule has 1 aromatic heterocycles. The van der Waals surface area contributed by atoms with E-state index in [0.717, 1.165) is 6.07 Å². The number of aromatic nitrogens is 1. The number of ether oxygens (including phenoxy) is 2. The molecule has 1 aliphatic heterocycles. The van der Waals surface area contributed by atoms with Crippen molar-refractivity contribution >= 4 is 16.9 Å². The van der Waals surface area contributed by atoms with Gasteiger partial charge in [0, 0.05) is 29.0 Å². The summed E-state index contributed by atoms with van der Waals surface area (Å²) in [7, 11) is 0. The summed E-state index contributed by atoms with van der Waals surface area (Å²) in [6.45, 7) is 6.20. The quantitative estimate of drug-likeness (QED) is 0.234. The zero-order chi connectivity index (χ0) is 25.4. The van der Waals surface area contributed by atoms with Crippen LogP contribution in [-0.2, 0) is 5.54 Å². The molecule has 0 fully saturated rings. The maximum atomic E-state index is 15.2. The molecule has 1 atom stereocenters. The highest BCUT2D eigenvalue weighted by Crippen LogP contribution is 2.52. The van der Waals surface area contributed by atoms with Crippen LogP contribution in [0.3, 0.4) is 0 Å². The average molecular weight is 502 g/mol. The molecule has 9 heteroatoms. The summed E-state index contributed by atoms with van der Waals surface area (Å²) < 4.78 is 55.2. The van der Waals surface area contributed by atoms with Crippen LogP contribution in [0.15, 0.2) is 53.7 Å². The topological polar surface area (TPSA) is 69.7 Å². The zero-order valence-electron chi connectivity index (χ0n) is 19.9. The molecule has 0 unspecified atom stereocenters. The lowest BCUT2D eigenvalue weighted by atomic mass is 9.81. The van der Waals surface area contributed by atoms with Gasteiger partial charge < -0.3 is 15.2 Å². The van der Waals surface area contributed by atoms with Crippen LogP contribution in [0.5, 0.6) is 17.2 Å². The molecule has 0 radical (unpaired) electrons. The van der Waals surface area contributed by atoms with Crippen molar-refractivity contribution in [2.24, 2.45) is 10.7 Å². The van der Waals surface area contributed by atoms with E-state index >= 15 is 4.39 Å². The summed E-state index contributed by atoms with van der Waals surface area (Å²) in [4.78, 5) is 8.49. The average Bonchev–Trinajstić information content (AvgIpc) is 2.78. The van der Waals surface area contributed by atoms with E-state index < -0.39 is 23.0 Å². The summed E-state index contributed by atoms with van der Waals surface area (Å²) >= 11 is 1.34. The smallest absolute Gasteiger partial charge is 0.220 e. The molecule has 2 aromatic carbocycles. The number of nitrogens with zero attached hydrogens (tertiary/aromatic N) is 2. The minimum absolute atomic E-state index is 0.0229. The van der Waals surface area contributed by atoms with Gasteiger partial charge in [-0.1, -0.05) is 24.8 Å². The fourth-order valence-electron chi connectivity index (χ4n) is 3.92. The molecule has 2 heterocycles. The van der Waals surface area contributed by atoms with Gasteiger partial charge in [-0.25, -0.2) is 18.8 Å². The van der Waals surface area contributed by atoms with Crippen LogP contribution < -0.4 is 15.2 Å². The van der Waals surface area contributed by atoms with Gasteiger partial charge in [-0.15, -0.1) is 0 Å². The number of alkyl halides is 1. The van der Waals surface area contributed by atoms with E-state index in [0.29, 0.717) is 38.9 Å². The number of thioether (sulfide) groups is 1. The second-order valence-electron chi connectivity index (χ2n) is 8.90. The first-order chi connectivity index (χ1) is 16.5. The van der Waals surface area contributed by atoms with Gasteiger partial charge in [0.15, 0.2) is 16.7 Å². The second kappa shape index (κ2) is 9.45. The maximum Gasteiger partial charge on any atom is 0.220 e. The van der Waals surface area contributed by atoms with Crippen molar-refractivity contribution in [3.8, 4) is 28.4 Å². The van der Waals surface area contributed by atoms with Crippen LogP contribution in [0.1, 0.15) is 38.8 Å². The molecular formula is C26H26F3N3O2S. The Morgan fingerprint density at radius 3 is 2.66 bits per heavy atom. The number of benzene rings is 2. The Kier molecular flexibility index (Phi) is 6.73. The van der Waals surface area contributed by atoms with Crippen molar-refractivity contribution in [2.45, 2.75) is 38.9 Å². The Balaban J connectivity index is 1.91. The van der Waals surface area contributed by atoms with Gasteiger partial charge in [-0.05, 0) is 62.4 Å².